The Hall–Kier alpha value is -1.91. The number of nitrogens with one attached hydrogen (secondary N) is 1. The van der Waals surface area contributed by atoms with Crippen molar-refractivity contribution in [2.75, 3.05) is 0 Å². The fraction of sp³-hybridized carbons (Fsp3) is 0.417. The van der Waals surface area contributed by atoms with Crippen LogP contribution >= 0.6 is 0 Å². The molecule has 92 valence electrons. The van der Waals surface area contributed by atoms with Crippen LogP contribution in [-0.2, 0) is 9.63 Å². The SMILES string of the molecule is CC(C)(C)CC(=O)ON=C(N)c1cccc[nH+]1. The number of carbonyl (C=O) groups excluding carboxylic acids is 1. The third kappa shape index (κ3) is 5.10. The third-order valence-electron chi connectivity index (χ3n) is 1.91. The van der Waals surface area contributed by atoms with Crippen molar-refractivity contribution in [2.45, 2.75) is 27.2 Å². The molecule has 1 heterocycles. The molecule has 3 N–H and O–H groups in total. The molecular formula is C12H18N3O2+. The van der Waals surface area contributed by atoms with Crippen molar-refractivity contribution in [1.29, 1.82) is 0 Å². The number of hydrogen-bond donors (Lipinski definition) is 1. The molecule has 1 aromatic heterocycles. The number of carbonyl (C=O) groups is 1. The monoisotopic (exact) mass is 236 g/mol. The summed E-state index contributed by atoms with van der Waals surface area (Å²) in [4.78, 5) is 19.0. The lowest BCUT2D eigenvalue weighted by Gasteiger charge is -2.14. The first-order valence-electron chi connectivity index (χ1n) is 5.39. The molecule has 0 unspecified atom stereocenters. The number of aromatic amines is 1. The van der Waals surface area contributed by atoms with Crippen LogP contribution in [0.1, 0.15) is 32.9 Å². The maximum Gasteiger partial charge on any atom is 0.335 e. The molecule has 0 fully saturated rings. The summed E-state index contributed by atoms with van der Waals surface area (Å²) in [6, 6.07) is 5.38. The largest absolute Gasteiger partial charge is 0.375 e. The van der Waals surface area contributed by atoms with Crippen LogP contribution in [0, 0.1) is 5.41 Å². The van der Waals surface area contributed by atoms with Gasteiger partial charge in [0.15, 0.2) is 6.20 Å². The number of aromatic nitrogens is 1. The van der Waals surface area contributed by atoms with Crippen LogP contribution in [-0.4, -0.2) is 11.8 Å². The Morgan fingerprint density at radius 3 is 2.71 bits per heavy atom. The van der Waals surface area contributed by atoms with Gasteiger partial charge < -0.3 is 10.6 Å². The molecule has 5 heteroatoms. The van der Waals surface area contributed by atoms with Gasteiger partial charge in [0.05, 0.1) is 6.42 Å². The molecule has 0 spiro atoms. The van der Waals surface area contributed by atoms with Gasteiger partial charge >= 0.3 is 5.97 Å². The molecule has 0 atom stereocenters. The average Bonchev–Trinajstić information content (AvgIpc) is 2.25. The van der Waals surface area contributed by atoms with Crippen molar-refractivity contribution in [3.63, 3.8) is 0 Å². The minimum absolute atomic E-state index is 0.125. The highest BCUT2D eigenvalue weighted by atomic mass is 16.7. The molecule has 17 heavy (non-hydrogen) atoms. The van der Waals surface area contributed by atoms with Gasteiger partial charge in [-0.3, -0.25) is 0 Å². The van der Waals surface area contributed by atoms with E-state index in [2.05, 4.69) is 10.1 Å². The van der Waals surface area contributed by atoms with Gasteiger partial charge in [-0.2, -0.15) is 0 Å². The quantitative estimate of drug-likeness (QED) is 0.369. The first kappa shape index (κ1) is 13.2. The molecule has 0 aliphatic rings. The summed E-state index contributed by atoms with van der Waals surface area (Å²) in [6.07, 6.45) is 2.01. The fourth-order valence-corrected chi connectivity index (χ4v) is 1.17. The third-order valence-corrected chi connectivity index (χ3v) is 1.91. The number of pyridine rings is 1. The van der Waals surface area contributed by atoms with Gasteiger partial charge in [-0.05, 0) is 11.5 Å². The molecule has 1 aromatic rings. The first-order valence-corrected chi connectivity index (χ1v) is 5.39. The van der Waals surface area contributed by atoms with E-state index in [1.54, 1.807) is 12.3 Å². The van der Waals surface area contributed by atoms with Crippen LogP contribution < -0.4 is 10.7 Å². The van der Waals surface area contributed by atoms with E-state index in [4.69, 9.17) is 10.6 Å². The van der Waals surface area contributed by atoms with Crippen LogP contribution in [0.2, 0.25) is 0 Å². The van der Waals surface area contributed by atoms with E-state index in [9.17, 15) is 4.79 Å². The van der Waals surface area contributed by atoms with E-state index >= 15 is 0 Å². The van der Waals surface area contributed by atoms with Crippen molar-refractivity contribution in [3.8, 4) is 0 Å². The molecule has 0 bridgehead atoms. The zero-order chi connectivity index (χ0) is 12.9. The van der Waals surface area contributed by atoms with Gasteiger partial charge in [0.1, 0.15) is 0 Å². The Bertz CT molecular complexity index is 408. The van der Waals surface area contributed by atoms with Crippen molar-refractivity contribution in [1.82, 2.24) is 0 Å². The summed E-state index contributed by atoms with van der Waals surface area (Å²) in [5, 5.41) is 3.59. The van der Waals surface area contributed by atoms with Gasteiger partial charge in [0.2, 0.25) is 11.5 Å². The van der Waals surface area contributed by atoms with Crippen LogP contribution in [0.15, 0.2) is 29.6 Å². The van der Waals surface area contributed by atoms with E-state index in [-0.39, 0.29) is 11.3 Å². The van der Waals surface area contributed by atoms with Crippen molar-refractivity contribution in [3.05, 3.63) is 30.1 Å². The molecule has 0 amide bonds. The number of H-pyrrole nitrogens is 1. The molecule has 1 rings (SSSR count). The molecule has 0 aromatic carbocycles. The Labute approximate surface area is 101 Å². The summed E-state index contributed by atoms with van der Waals surface area (Å²) in [5.74, 6) is -0.246. The zero-order valence-electron chi connectivity index (χ0n) is 10.4. The summed E-state index contributed by atoms with van der Waals surface area (Å²) in [6.45, 7) is 5.85. The van der Waals surface area contributed by atoms with Crippen molar-refractivity contribution in [2.24, 2.45) is 16.3 Å². The number of hydrogen-bond acceptors (Lipinski definition) is 3. The number of rotatable bonds is 3. The van der Waals surface area contributed by atoms with Gasteiger partial charge in [-0.25, -0.2) is 9.78 Å². The lowest BCUT2D eigenvalue weighted by atomic mass is 9.93. The second-order valence-electron chi connectivity index (χ2n) is 4.95. The number of oxime groups is 1. The summed E-state index contributed by atoms with van der Waals surface area (Å²) >= 11 is 0. The lowest BCUT2D eigenvalue weighted by Crippen LogP contribution is -2.24. The Balaban J connectivity index is 2.57. The van der Waals surface area contributed by atoms with Gasteiger partial charge in [-0.15, -0.1) is 0 Å². The predicted octanol–water partition coefficient (Wildman–Crippen LogP) is 1.10. The minimum atomic E-state index is -0.392. The van der Waals surface area contributed by atoms with E-state index < -0.39 is 5.97 Å². The highest BCUT2D eigenvalue weighted by Gasteiger charge is 2.17. The summed E-state index contributed by atoms with van der Waals surface area (Å²) in [5.41, 5.74) is 6.13. The minimum Gasteiger partial charge on any atom is -0.375 e. The van der Waals surface area contributed by atoms with Crippen LogP contribution in [0.25, 0.3) is 0 Å². The van der Waals surface area contributed by atoms with Gasteiger partial charge in [0, 0.05) is 12.1 Å². The standard InChI is InChI=1S/C12H17N3O2/c1-12(2,3)8-10(16)17-15-11(13)9-6-4-5-7-14-9/h4-7H,8H2,1-3H3,(H2,13,15)/p+1. The van der Waals surface area contributed by atoms with Gasteiger partial charge in [-0.1, -0.05) is 25.9 Å². The second-order valence-corrected chi connectivity index (χ2v) is 4.95. The Morgan fingerprint density at radius 2 is 2.18 bits per heavy atom. The maximum absolute atomic E-state index is 11.4. The first-order chi connectivity index (χ1) is 7.88. The number of nitrogens with zero attached hydrogens (tertiary/aromatic N) is 1. The number of amidine groups is 1. The highest BCUT2D eigenvalue weighted by molar-refractivity contribution is 5.94. The van der Waals surface area contributed by atoms with Crippen molar-refractivity contribution < 1.29 is 14.6 Å². The molecule has 0 saturated heterocycles. The Morgan fingerprint density at radius 1 is 1.47 bits per heavy atom. The van der Waals surface area contributed by atoms with E-state index in [0.717, 1.165) is 0 Å². The van der Waals surface area contributed by atoms with Gasteiger partial charge in [0.25, 0.3) is 0 Å². The second kappa shape index (κ2) is 5.43. The number of nitrogens with two attached hydrogens (primary N) is 1. The predicted molar refractivity (Wildman–Crippen MR) is 63.9 cm³/mol. The molecule has 0 radical (unpaired) electrons. The lowest BCUT2D eigenvalue weighted by molar-refractivity contribution is -0.380. The van der Waals surface area contributed by atoms with E-state index in [0.29, 0.717) is 12.1 Å². The van der Waals surface area contributed by atoms with Crippen LogP contribution in [0.5, 0.6) is 0 Å². The van der Waals surface area contributed by atoms with Crippen LogP contribution in [0.4, 0.5) is 0 Å². The van der Waals surface area contributed by atoms with Crippen LogP contribution in [0.3, 0.4) is 0 Å². The smallest absolute Gasteiger partial charge is 0.335 e. The van der Waals surface area contributed by atoms with Crippen molar-refractivity contribution >= 4 is 11.8 Å². The molecule has 0 aliphatic heterocycles. The molecule has 5 nitrogen and oxygen atoms in total. The Kier molecular flexibility index (Phi) is 4.20. The maximum atomic E-state index is 11.4. The van der Waals surface area contributed by atoms with E-state index in [1.807, 2.05) is 32.9 Å². The molecular weight excluding hydrogens is 218 g/mol. The molecule has 0 aliphatic carbocycles. The zero-order valence-corrected chi connectivity index (χ0v) is 10.4. The summed E-state index contributed by atoms with van der Waals surface area (Å²) in [7, 11) is 0. The van der Waals surface area contributed by atoms with E-state index in [1.165, 1.54) is 0 Å². The highest BCUT2D eigenvalue weighted by Crippen LogP contribution is 2.18. The fourth-order valence-electron chi connectivity index (χ4n) is 1.17. The average molecular weight is 236 g/mol. The normalized spacial score (nSPS) is 12.3. The topological polar surface area (TPSA) is 78.8 Å². The summed E-state index contributed by atoms with van der Waals surface area (Å²) < 4.78 is 0. The molecule has 0 saturated carbocycles.